The monoisotopic (exact) mass is 246 g/mol. The van der Waals surface area contributed by atoms with Crippen molar-refractivity contribution in [3.05, 3.63) is 35.4 Å². The van der Waals surface area contributed by atoms with Crippen LogP contribution in [0.15, 0.2) is 24.3 Å². The van der Waals surface area contributed by atoms with Gasteiger partial charge in [-0.05, 0) is 24.0 Å². The molecule has 0 radical (unpaired) electrons. The van der Waals surface area contributed by atoms with Crippen molar-refractivity contribution in [2.24, 2.45) is 0 Å². The van der Waals surface area contributed by atoms with Gasteiger partial charge in [0.2, 0.25) is 0 Å². The highest BCUT2D eigenvalue weighted by molar-refractivity contribution is 5.25. The first-order valence-electron chi connectivity index (χ1n) is 7.38. The number of benzene rings is 1. The summed E-state index contributed by atoms with van der Waals surface area (Å²) in [4.78, 5) is 2.64. The molecule has 1 fully saturated rings. The molecule has 1 heterocycles. The minimum Gasteiger partial charge on any atom is -0.314 e. The molecule has 2 nitrogen and oxygen atoms in total. The zero-order valence-corrected chi connectivity index (χ0v) is 11.8. The van der Waals surface area contributed by atoms with Crippen molar-refractivity contribution in [1.82, 2.24) is 10.2 Å². The molecule has 1 atom stereocenters. The quantitative estimate of drug-likeness (QED) is 0.859. The van der Waals surface area contributed by atoms with Crippen LogP contribution in [0.1, 0.15) is 43.9 Å². The van der Waals surface area contributed by atoms with E-state index in [0.717, 1.165) is 19.5 Å². The van der Waals surface area contributed by atoms with Gasteiger partial charge < -0.3 is 5.32 Å². The molecular weight excluding hydrogens is 220 g/mol. The first kappa shape index (κ1) is 13.6. The highest BCUT2D eigenvalue weighted by atomic mass is 15.2. The van der Waals surface area contributed by atoms with Crippen LogP contribution in [0.3, 0.4) is 0 Å². The maximum Gasteiger partial charge on any atom is 0.0349 e. The van der Waals surface area contributed by atoms with Crippen LogP contribution in [0, 0.1) is 0 Å². The van der Waals surface area contributed by atoms with Gasteiger partial charge in [0.1, 0.15) is 0 Å². The smallest absolute Gasteiger partial charge is 0.0349 e. The molecule has 0 unspecified atom stereocenters. The van der Waals surface area contributed by atoms with Crippen LogP contribution >= 0.6 is 0 Å². The fourth-order valence-corrected chi connectivity index (χ4v) is 2.80. The van der Waals surface area contributed by atoms with Gasteiger partial charge in [-0.15, -0.1) is 0 Å². The molecular formula is C16H26N2. The third kappa shape index (κ3) is 3.33. The number of aryl methyl sites for hydroxylation is 1. The van der Waals surface area contributed by atoms with Gasteiger partial charge in [-0.2, -0.15) is 0 Å². The molecule has 1 aromatic rings. The lowest BCUT2D eigenvalue weighted by molar-refractivity contribution is 0.164. The van der Waals surface area contributed by atoms with Gasteiger partial charge in [0.15, 0.2) is 0 Å². The molecule has 2 heteroatoms. The van der Waals surface area contributed by atoms with Crippen molar-refractivity contribution in [2.45, 2.75) is 39.2 Å². The number of rotatable bonds is 5. The van der Waals surface area contributed by atoms with E-state index in [4.69, 9.17) is 0 Å². The zero-order valence-electron chi connectivity index (χ0n) is 11.8. The van der Waals surface area contributed by atoms with Crippen molar-refractivity contribution in [1.29, 1.82) is 0 Å². The second-order valence-electron chi connectivity index (χ2n) is 5.19. The number of piperazine rings is 1. The molecule has 1 aliphatic rings. The van der Waals surface area contributed by atoms with Gasteiger partial charge >= 0.3 is 0 Å². The van der Waals surface area contributed by atoms with Crippen LogP contribution < -0.4 is 5.32 Å². The Hall–Kier alpha value is -0.860. The normalized spacial score (nSPS) is 18.8. The van der Waals surface area contributed by atoms with Gasteiger partial charge in [0.05, 0.1) is 0 Å². The molecule has 1 aliphatic heterocycles. The average Bonchev–Trinajstić information content (AvgIpc) is 2.46. The fraction of sp³-hybridized carbons (Fsp3) is 0.625. The summed E-state index contributed by atoms with van der Waals surface area (Å²) in [5, 5.41) is 3.44. The first-order chi connectivity index (χ1) is 8.85. The molecule has 18 heavy (non-hydrogen) atoms. The van der Waals surface area contributed by atoms with Crippen molar-refractivity contribution >= 4 is 0 Å². The van der Waals surface area contributed by atoms with Gasteiger partial charge in [-0.3, -0.25) is 4.90 Å². The number of hydrogen-bond donors (Lipinski definition) is 1. The molecule has 1 aromatic carbocycles. The topological polar surface area (TPSA) is 15.3 Å². The van der Waals surface area contributed by atoms with Crippen LogP contribution in [0.25, 0.3) is 0 Å². The van der Waals surface area contributed by atoms with Gasteiger partial charge in [-0.25, -0.2) is 0 Å². The lowest BCUT2D eigenvalue weighted by atomic mass is 9.98. The molecule has 1 N–H and O–H groups in total. The summed E-state index contributed by atoms with van der Waals surface area (Å²) in [6, 6.07) is 9.87. The van der Waals surface area contributed by atoms with E-state index in [1.807, 2.05) is 0 Å². The maximum absolute atomic E-state index is 3.44. The highest BCUT2D eigenvalue weighted by Gasteiger charge is 2.20. The van der Waals surface area contributed by atoms with E-state index >= 15 is 0 Å². The van der Waals surface area contributed by atoms with Gasteiger partial charge in [0, 0.05) is 32.2 Å². The minimum atomic E-state index is 0.614. The molecule has 0 bridgehead atoms. The molecule has 0 saturated carbocycles. The van der Waals surface area contributed by atoms with E-state index in [9.17, 15) is 0 Å². The molecule has 0 amide bonds. The Labute approximate surface area is 111 Å². The van der Waals surface area contributed by atoms with Crippen LogP contribution in [-0.4, -0.2) is 31.1 Å². The predicted octanol–water partition coefficient (Wildman–Crippen LogP) is 3.00. The van der Waals surface area contributed by atoms with Gasteiger partial charge in [-0.1, -0.05) is 44.5 Å². The average molecular weight is 246 g/mol. The largest absolute Gasteiger partial charge is 0.314 e. The molecule has 0 aromatic heterocycles. The number of hydrogen-bond acceptors (Lipinski definition) is 2. The van der Waals surface area contributed by atoms with E-state index in [-0.39, 0.29) is 0 Å². The molecule has 2 rings (SSSR count). The SMILES string of the molecule is CCC[C@@H](c1ccc(CC)cc1)N1CCNCC1. The predicted molar refractivity (Wildman–Crippen MR) is 77.9 cm³/mol. The maximum atomic E-state index is 3.44. The van der Waals surface area contributed by atoms with Crippen LogP contribution in [0.4, 0.5) is 0 Å². The van der Waals surface area contributed by atoms with Crippen LogP contribution in [-0.2, 0) is 6.42 Å². The standard InChI is InChI=1S/C16H26N2/c1-3-5-16(18-12-10-17-11-13-18)15-8-6-14(4-2)7-9-15/h6-9,16-17H,3-5,10-13H2,1-2H3/t16-/m0/s1. The van der Waals surface area contributed by atoms with E-state index in [1.54, 1.807) is 0 Å². The van der Waals surface area contributed by atoms with E-state index < -0.39 is 0 Å². The highest BCUT2D eigenvalue weighted by Crippen LogP contribution is 2.26. The summed E-state index contributed by atoms with van der Waals surface area (Å²) in [7, 11) is 0. The van der Waals surface area contributed by atoms with E-state index in [0.29, 0.717) is 6.04 Å². The zero-order chi connectivity index (χ0) is 12.8. The van der Waals surface area contributed by atoms with Gasteiger partial charge in [0.25, 0.3) is 0 Å². The lowest BCUT2D eigenvalue weighted by Gasteiger charge is -2.35. The molecule has 100 valence electrons. The van der Waals surface area contributed by atoms with Crippen LogP contribution in [0.2, 0.25) is 0 Å². The van der Waals surface area contributed by atoms with Crippen molar-refractivity contribution in [3.8, 4) is 0 Å². The number of nitrogens with one attached hydrogen (secondary N) is 1. The summed E-state index contributed by atoms with van der Waals surface area (Å²) in [5.74, 6) is 0. The Kier molecular flexibility index (Phi) is 5.21. The summed E-state index contributed by atoms with van der Waals surface area (Å²) in [6.45, 7) is 9.13. The Morgan fingerprint density at radius 1 is 1.11 bits per heavy atom. The van der Waals surface area contributed by atoms with Crippen molar-refractivity contribution in [2.75, 3.05) is 26.2 Å². The molecule has 1 saturated heterocycles. The summed E-state index contributed by atoms with van der Waals surface area (Å²) in [5.41, 5.74) is 2.94. The lowest BCUT2D eigenvalue weighted by Crippen LogP contribution is -2.45. The number of nitrogens with zero attached hydrogens (tertiary/aromatic N) is 1. The summed E-state index contributed by atoms with van der Waals surface area (Å²) < 4.78 is 0. The molecule has 0 spiro atoms. The third-order valence-corrected chi connectivity index (χ3v) is 3.93. The Bertz CT molecular complexity index is 339. The summed E-state index contributed by atoms with van der Waals surface area (Å²) in [6.07, 6.45) is 3.65. The minimum absolute atomic E-state index is 0.614. The second-order valence-corrected chi connectivity index (χ2v) is 5.19. The third-order valence-electron chi connectivity index (χ3n) is 3.93. The Morgan fingerprint density at radius 3 is 2.33 bits per heavy atom. The van der Waals surface area contributed by atoms with Crippen molar-refractivity contribution in [3.63, 3.8) is 0 Å². The van der Waals surface area contributed by atoms with E-state index in [2.05, 4.69) is 48.3 Å². The molecule has 0 aliphatic carbocycles. The van der Waals surface area contributed by atoms with Crippen LogP contribution in [0.5, 0.6) is 0 Å². The Morgan fingerprint density at radius 2 is 1.78 bits per heavy atom. The second kappa shape index (κ2) is 6.91. The first-order valence-corrected chi connectivity index (χ1v) is 7.38. The summed E-state index contributed by atoms with van der Waals surface area (Å²) >= 11 is 0. The van der Waals surface area contributed by atoms with Crippen molar-refractivity contribution < 1.29 is 0 Å². The van der Waals surface area contributed by atoms with E-state index in [1.165, 1.54) is 37.1 Å². The fourth-order valence-electron chi connectivity index (χ4n) is 2.80. The Balaban J connectivity index is 2.11.